The van der Waals surface area contributed by atoms with Gasteiger partial charge in [0.1, 0.15) is 0 Å². The van der Waals surface area contributed by atoms with Gasteiger partial charge in [-0.25, -0.2) is 8.42 Å². The SMILES string of the molecule is O=S(=O)(c1cccc2cnccc12)N1CCCC1c1ccccc1. The zero-order valence-electron chi connectivity index (χ0n) is 13.2. The molecule has 2 heterocycles. The highest BCUT2D eigenvalue weighted by atomic mass is 32.2. The van der Waals surface area contributed by atoms with E-state index in [1.807, 2.05) is 36.4 Å². The predicted molar refractivity (Wildman–Crippen MR) is 94.1 cm³/mol. The fourth-order valence-corrected chi connectivity index (χ4v) is 5.38. The van der Waals surface area contributed by atoms with Crippen LogP contribution in [0.2, 0.25) is 0 Å². The Morgan fingerprint density at radius 3 is 2.67 bits per heavy atom. The standard InChI is InChI=1S/C19H18N2O2S/c22-24(23,19-10-4-8-16-14-20-12-11-17(16)19)21-13-5-9-18(21)15-6-2-1-3-7-15/h1-4,6-8,10-12,14,18H,5,9,13H2. The zero-order chi connectivity index (χ0) is 16.6. The van der Waals surface area contributed by atoms with Crippen molar-refractivity contribution < 1.29 is 8.42 Å². The Hall–Kier alpha value is -2.24. The smallest absolute Gasteiger partial charge is 0.244 e. The second kappa shape index (κ2) is 6.00. The number of aromatic nitrogens is 1. The van der Waals surface area contributed by atoms with Crippen LogP contribution in [-0.2, 0) is 10.0 Å². The van der Waals surface area contributed by atoms with Crippen LogP contribution in [0.4, 0.5) is 0 Å². The van der Waals surface area contributed by atoms with E-state index in [9.17, 15) is 8.42 Å². The molecule has 2 aromatic carbocycles. The molecule has 0 saturated carbocycles. The van der Waals surface area contributed by atoms with Crippen molar-refractivity contribution in [3.05, 3.63) is 72.6 Å². The van der Waals surface area contributed by atoms with Crippen LogP contribution in [0.15, 0.2) is 71.9 Å². The summed E-state index contributed by atoms with van der Waals surface area (Å²) in [4.78, 5) is 4.45. The maximum Gasteiger partial charge on any atom is 0.244 e. The highest BCUT2D eigenvalue weighted by molar-refractivity contribution is 7.89. The maximum atomic E-state index is 13.3. The quantitative estimate of drug-likeness (QED) is 0.730. The number of nitrogens with zero attached hydrogens (tertiary/aromatic N) is 2. The molecule has 0 N–H and O–H groups in total. The minimum Gasteiger partial charge on any atom is -0.264 e. The summed E-state index contributed by atoms with van der Waals surface area (Å²) in [6.45, 7) is 0.559. The Kier molecular flexibility index (Phi) is 3.82. The normalized spacial score (nSPS) is 18.9. The molecule has 1 aromatic heterocycles. The Morgan fingerprint density at radius 2 is 1.83 bits per heavy atom. The van der Waals surface area contributed by atoms with E-state index in [4.69, 9.17) is 0 Å². The van der Waals surface area contributed by atoms with Gasteiger partial charge in [-0.05, 0) is 30.5 Å². The first-order valence-electron chi connectivity index (χ1n) is 8.07. The molecule has 4 rings (SSSR count). The Morgan fingerprint density at radius 1 is 1.00 bits per heavy atom. The Labute approximate surface area is 141 Å². The van der Waals surface area contributed by atoms with Gasteiger partial charge in [-0.1, -0.05) is 42.5 Å². The average Bonchev–Trinajstić information content (AvgIpc) is 3.12. The molecule has 0 radical (unpaired) electrons. The lowest BCUT2D eigenvalue weighted by Crippen LogP contribution is -2.30. The molecular weight excluding hydrogens is 320 g/mol. The molecule has 122 valence electrons. The fourth-order valence-electron chi connectivity index (χ4n) is 3.48. The van der Waals surface area contributed by atoms with Gasteiger partial charge in [0.25, 0.3) is 0 Å². The number of fused-ring (bicyclic) bond motifs is 1. The Balaban J connectivity index is 1.82. The van der Waals surface area contributed by atoms with Crippen LogP contribution in [0, 0.1) is 0 Å². The van der Waals surface area contributed by atoms with Gasteiger partial charge in [-0.2, -0.15) is 4.31 Å². The van der Waals surface area contributed by atoms with Gasteiger partial charge >= 0.3 is 0 Å². The zero-order valence-corrected chi connectivity index (χ0v) is 14.0. The number of hydrogen-bond acceptors (Lipinski definition) is 3. The summed E-state index contributed by atoms with van der Waals surface area (Å²) < 4.78 is 28.3. The second-order valence-corrected chi connectivity index (χ2v) is 7.90. The minimum atomic E-state index is -3.56. The molecule has 0 amide bonds. The van der Waals surface area contributed by atoms with E-state index in [0.717, 1.165) is 29.2 Å². The number of rotatable bonds is 3. The molecule has 1 aliphatic heterocycles. The molecule has 5 heteroatoms. The minimum absolute atomic E-state index is 0.0895. The van der Waals surface area contributed by atoms with Crippen molar-refractivity contribution in [2.24, 2.45) is 0 Å². The van der Waals surface area contributed by atoms with Gasteiger partial charge in [0.2, 0.25) is 10.0 Å². The highest BCUT2D eigenvalue weighted by Crippen LogP contribution is 2.37. The van der Waals surface area contributed by atoms with Crippen molar-refractivity contribution >= 4 is 20.8 Å². The first-order valence-corrected chi connectivity index (χ1v) is 9.51. The van der Waals surface area contributed by atoms with E-state index >= 15 is 0 Å². The summed E-state index contributed by atoms with van der Waals surface area (Å²) in [5.41, 5.74) is 1.06. The lowest BCUT2D eigenvalue weighted by molar-refractivity contribution is 0.397. The second-order valence-electron chi connectivity index (χ2n) is 6.04. The largest absolute Gasteiger partial charge is 0.264 e. The summed E-state index contributed by atoms with van der Waals surface area (Å²) in [7, 11) is -3.56. The van der Waals surface area contributed by atoms with Crippen molar-refractivity contribution in [2.45, 2.75) is 23.8 Å². The molecule has 0 bridgehead atoms. The maximum absolute atomic E-state index is 13.3. The molecule has 3 aromatic rings. The van der Waals surface area contributed by atoms with Gasteiger partial charge in [0.15, 0.2) is 0 Å². The molecule has 1 atom stereocenters. The molecule has 24 heavy (non-hydrogen) atoms. The van der Waals surface area contributed by atoms with Crippen molar-refractivity contribution in [2.75, 3.05) is 6.54 Å². The van der Waals surface area contributed by atoms with Crippen molar-refractivity contribution in [1.82, 2.24) is 9.29 Å². The van der Waals surface area contributed by atoms with E-state index in [0.29, 0.717) is 11.4 Å². The van der Waals surface area contributed by atoms with Gasteiger partial charge in [-0.3, -0.25) is 4.98 Å². The molecular formula is C19H18N2O2S. The fraction of sp³-hybridized carbons (Fsp3) is 0.211. The van der Waals surface area contributed by atoms with Crippen LogP contribution >= 0.6 is 0 Å². The van der Waals surface area contributed by atoms with Crippen LogP contribution in [0.3, 0.4) is 0 Å². The van der Waals surface area contributed by atoms with Crippen LogP contribution < -0.4 is 0 Å². The van der Waals surface area contributed by atoms with E-state index in [1.165, 1.54) is 0 Å². The van der Waals surface area contributed by atoms with Gasteiger partial charge in [-0.15, -0.1) is 0 Å². The first-order chi connectivity index (χ1) is 11.7. The van der Waals surface area contributed by atoms with Crippen LogP contribution in [0.1, 0.15) is 24.4 Å². The number of hydrogen-bond donors (Lipinski definition) is 0. The third kappa shape index (κ3) is 2.50. The lowest BCUT2D eigenvalue weighted by Gasteiger charge is -2.25. The van der Waals surface area contributed by atoms with Crippen LogP contribution in [0.5, 0.6) is 0 Å². The first kappa shape index (κ1) is 15.3. The number of sulfonamides is 1. The van der Waals surface area contributed by atoms with E-state index in [2.05, 4.69) is 4.98 Å². The molecule has 1 fully saturated rings. The van der Waals surface area contributed by atoms with Crippen LogP contribution in [-0.4, -0.2) is 24.3 Å². The van der Waals surface area contributed by atoms with Gasteiger partial charge < -0.3 is 0 Å². The molecule has 4 nitrogen and oxygen atoms in total. The molecule has 1 saturated heterocycles. The molecule has 0 spiro atoms. The predicted octanol–water partition coefficient (Wildman–Crippen LogP) is 3.76. The molecule has 1 aliphatic rings. The monoisotopic (exact) mass is 338 g/mol. The highest BCUT2D eigenvalue weighted by Gasteiger charge is 2.36. The van der Waals surface area contributed by atoms with E-state index in [1.54, 1.807) is 34.9 Å². The van der Waals surface area contributed by atoms with Gasteiger partial charge in [0, 0.05) is 29.7 Å². The summed E-state index contributed by atoms with van der Waals surface area (Å²) in [6.07, 6.45) is 5.08. The summed E-state index contributed by atoms with van der Waals surface area (Å²) in [5.74, 6) is 0. The molecule has 1 unspecified atom stereocenters. The summed E-state index contributed by atoms with van der Waals surface area (Å²) >= 11 is 0. The third-order valence-electron chi connectivity index (χ3n) is 4.62. The van der Waals surface area contributed by atoms with Crippen molar-refractivity contribution in [3.63, 3.8) is 0 Å². The van der Waals surface area contributed by atoms with Crippen molar-refractivity contribution in [1.29, 1.82) is 0 Å². The Bertz CT molecular complexity index is 966. The topological polar surface area (TPSA) is 50.3 Å². The van der Waals surface area contributed by atoms with E-state index < -0.39 is 10.0 Å². The lowest BCUT2D eigenvalue weighted by atomic mass is 10.1. The number of pyridine rings is 1. The average molecular weight is 338 g/mol. The van der Waals surface area contributed by atoms with Crippen LogP contribution in [0.25, 0.3) is 10.8 Å². The third-order valence-corrected chi connectivity index (χ3v) is 6.58. The molecule has 0 aliphatic carbocycles. The summed E-state index contributed by atoms with van der Waals surface area (Å²) in [5, 5.41) is 1.57. The van der Waals surface area contributed by atoms with Crippen molar-refractivity contribution in [3.8, 4) is 0 Å². The van der Waals surface area contributed by atoms with Gasteiger partial charge in [0.05, 0.1) is 10.9 Å². The number of benzene rings is 2. The summed E-state index contributed by atoms with van der Waals surface area (Å²) in [6, 6.07) is 16.9. The van der Waals surface area contributed by atoms with E-state index in [-0.39, 0.29) is 6.04 Å².